The van der Waals surface area contributed by atoms with Crippen molar-refractivity contribution in [2.75, 3.05) is 5.32 Å². The molecule has 29 heavy (non-hydrogen) atoms. The summed E-state index contributed by atoms with van der Waals surface area (Å²) < 4.78 is 69.9. The average molecular weight is 408 g/mol. The molecule has 0 aliphatic heterocycles. The molecule has 148 valence electrons. The highest BCUT2D eigenvalue weighted by Gasteiger charge is 2.44. The van der Waals surface area contributed by atoms with Crippen LogP contribution in [0.4, 0.5) is 27.6 Å². The zero-order valence-electron chi connectivity index (χ0n) is 14.2. The number of hydrogen-bond donors (Lipinski definition) is 1. The first-order chi connectivity index (χ1) is 13.6. The van der Waals surface area contributed by atoms with Crippen LogP contribution in [0.3, 0.4) is 0 Å². The molecule has 1 heterocycles. The number of hydrogen-bond acceptors (Lipinski definition) is 5. The molecule has 0 saturated heterocycles. The Bertz CT molecular complexity index is 1070. The van der Waals surface area contributed by atoms with Gasteiger partial charge in [0.1, 0.15) is 0 Å². The highest BCUT2D eigenvalue weighted by atomic mass is 19.4. The molecule has 2 aromatic carbocycles. The number of nitrogens with zero attached hydrogens (tertiary/aromatic N) is 3. The highest BCUT2D eigenvalue weighted by Crippen LogP contribution is 2.36. The summed E-state index contributed by atoms with van der Waals surface area (Å²) in [6.07, 6.45) is -5.04. The quantitative estimate of drug-likeness (QED) is 0.648. The fourth-order valence-corrected chi connectivity index (χ4v) is 2.26. The van der Waals surface area contributed by atoms with E-state index >= 15 is 0 Å². The van der Waals surface area contributed by atoms with Crippen LogP contribution in [-0.4, -0.2) is 16.0 Å². The number of nitriles is 1. The fraction of sp³-hybridized carbons (Fsp3) is 0.111. The van der Waals surface area contributed by atoms with Gasteiger partial charge in [-0.25, -0.2) is 0 Å². The van der Waals surface area contributed by atoms with Crippen molar-refractivity contribution >= 4 is 11.6 Å². The first-order valence-corrected chi connectivity index (χ1v) is 7.82. The standard InChI is InChI=1S/C18H9F5N4O2/c19-17(20,15-26-16(29-27-15)18(21,22)23)12-5-7-13(8-6-12)25-14(28)11-3-1-10(9-24)2-4-11/h1-8H,(H,25,28). The molecule has 1 aromatic heterocycles. The topological polar surface area (TPSA) is 91.8 Å². The van der Waals surface area contributed by atoms with Crippen LogP contribution in [0.2, 0.25) is 0 Å². The number of nitrogens with one attached hydrogen (secondary N) is 1. The normalized spacial score (nSPS) is 11.7. The Hall–Kier alpha value is -3.81. The largest absolute Gasteiger partial charge is 0.471 e. The number of benzene rings is 2. The van der Waals surface area contributed by atoms with E-state index in [1.807, 2.05) is 6.07 Å². The van der Waals surface area contributed by atoms with E-state index in [4.69, 9.17) is 5.26 Å². The second-order valence-electron chi connectivity index (χ2n) is 5.72. The van der Waals surface area contributed by atoms with Gasteiger partial charge in [-0.05, 0) is 36.4 Å². The molecule has 3 aromatic rings. The molecule has 1 amide bonds. The molecule has 6 nitrogen and oxygen atoms in total. The Balaban J connectivity index is 1.75. The second kappa shape index (κ2) is 7.31. The van der Waals surface area contributed by atoms with Gasteiger partial charge >= 0.3 is 18.0 Å². The smallest absolute Gasteiger partial charge is 0.329 e. The summed E-state index contributed by atoms with van der Waals surface area (Å²) in [6.45, 7) is 0. The third-order valence-corrected chi connectivity index (χ3v) is 3.73. The van der Waals surface area contributed by atoms with Crippen molar-refractivity contribution < 1.29 is 31.3 Å². The van der Waals surface area contributed by atoms with Crippen molar-refractivity contribution in [2.24, 2.45) is 0 Å². The predicted octanol–water partition coefficient (Wildman–Crippen LogP) is 4.35. The molecular weight excluding hydrogens is 399 g/mol. The van der Waals surface area contributed by atoms with Gasteiger partial charge in [0.25, 0.3) is 5.91 Å². The SMILES string of the molecule is N#Cc1ccc(C(=O)Nc2ccc(C(F)(F)c3noc(C(F)(F)F)n3)cc2)cc1. The van der Waals surface area contributed by atoms with E-state index in [-0.39, 0.29) is 11.3 Å². The molecule has 0 atom stereocenters. The Kier molecular flexibility index (Phi) is 5.02. The molecule has 0 fully saturated rings. The van der Waals surface area contributed by atoms with Crippen LogP contribution in [-0.2, 0) is 12.1 Å². The lowest BCUT2D eigenvalue weighted by atomic mass is 10.1. The van der Waals surface area contributed by atoms with Crippen LogP contribution in [0.5, 0.6) is 0 Å². The zero-order chi connectivity index (χ0) is 21.2. The molecule has 11 heteroatoms. The summed E-state index contributed by atoms with van der Waals surface area (Å²) in [5, 5.41) is 13.9. The van der Waals surface area contributed by atoms with Crippen LogP contribution >= 0.6 is 0 Å². The minimum Gasteiger partial charge on any atom is -0.329 e. The van der Waals surface area contributed by atoms with E-state index in [1.165, 1.54) is 24.3 Å². The molecule has 0 unspecified atom stereocenters. The van der Waals surface area contributed by atoms with Gasteiger partial charge in [0.2, 0.25) is 5.82 Å². The number of amides is 1. The summed E-state index contributed by atoms with van der Waals surface area (Å²) >= 11 is 0. The number of rotatable bonds is 4. The maximum Gasteiger partial charge on any atom is 0.471 e. The first kappa shape index (κ1) is 19.9. The van der Waals surface area contributed by atoms with Crippen molar-refractivity contribution in [3.05, 3.63) is 76.9 Å². The van der Waals surface area contributed by atoms with Gasteiger partial charge in [-0.1, -0.05) is 17.3 Å². The van der Waals surface area contributed by atoms with Crippen molar-refractivity contribution in [3.8, 4) is 6.07 Å². The van der Waals surface area contributed by atoms with Gasteiger partial charge in [0.05, 0.1) is 11.6 Å². The number of alkyl halides is 5. The summed E-state index contributed by atoms with van der Waals surface area (Å²) in [6, 6.07) is 11.8. The lowest BCUT2D eigenvalue weighted by Crippen LogP contribution is -2.18. The van der Waals surface area contributed by atoms with Gasteiger partial charge < -0.3 is 9.84 Å². The van der Waals surface area contributed by atoms with E-state index in [0.29, 0.717) is 5.56 Å². The van der Waals surface area contributed by atoms with Crippen molar-refractivity contribution in [2.45, 2.75) is 12.1 Å². The van der Waals surface area contributed by atoms with Crippen LogP contribution in [0.15, 0.2) is 53.1 Å². The number of carbonyl (C=O) groups is 1. The molecule has 0 saturated carbocycles. The van der Waals surface area contributed by atoms with Gasteiger partial charge in [-0.3, -0.25) is 4.79 Å². The highest BCUT2D eigenvalue weighted by molar-refractivity contribution is 6.04. The monoisotopic (exact) mass is 408 g/mol. The number of carbonyl (C=O) groups excluding carboxylic acids is 1. The van der Waals surface area contributed by atoms with Crippen LogP contribution in [0.1, 0.15) is 33.2 Å². The maximum absolute atomic E-state index is 14.4. The molecule has 0 aliphatic carbocycles. The number of aromatic nitrogens is 2. The van der Waals surface area contributed by atoms with Crippen LogP contribution in [0, 0.1) is 11.3 Å². The molecule has 1 N–H and O–H groups in total. The minimum absolute atomic E-state index is 0.169. The Morgan fingerprint density at radius 1 is 1.00 bits per heavy atom. The Morgan fingerprint density at radius 3 is 2.14 bits per heavy atom. The van der Waals surface area contributed by atoms with E-state index in [1.54, 1.807) is 0 Å². The van der Waals surface area contributed by atoms with Crippen molar-refractivity contribution in [1.82, 2.24) is 10.1 Å². The molecular formula is C18H9F5N4O2. The average Bonchev–Trinajstić information content (AvgIpc) is 3.20. The Morgan fingerprint density at radius 2 is 1.62 bits per heavy atom. The van der Waals surface area contributed by atoms with E-state index < -0.39 is 35.3 Å². The van der Waals surface area contributed by atoms with Gasteiger partial charge in [0.15, 0.2) is 0 Å². The maximum atomic E-state index is 14.4. The first-order valence-electron chi connectivity index (χ1n) is 7.82. The molecule has 0 spiro atoms. The lowest BCUT2D eigenvalue weighted by molar-refractivity contribution is -0.159. The number of halogens is 5. The van der Waals surface area contributed by atoms with Gasteiger partial charge in [0, 0.05) is 16.8 Å². The predicted molar refractivity (Wildman–Crippen MR) is 87.8 cm³/mol. The summed E-state index contributed by atoms with van der Waals surface area (Å²) in [5.41, 5.74) is 0.0829. The van der Waals surface area contributed by atoms with Crippen LogP contribution in [0.25, 0.3) is 0 Å². The van der Waals surface area contributed by atoms with E-state index in [2.05, 4.69) is 20.0 Å². The van der Waals surface area contributed by atoms with Crippen LogP contribution < -0.4 is 5.32 Å². The zero-order valence-corrected chi connectivity index (χ0v) is 14.2. The van der Waals surface area contributed by atoms with E-state index in [0.717, 1.165) is 24.3 Å². The molecule has 0 aliphatic rings. The summed E-state index contributed by atoms with van der Waals surface area (Å²) in [5.74, 6) is -7.79. The second-order valence-corrected chi connectivity index (χ2v) is 5.72. The lowest BCUT2D eigenvalue weighted by Gasteiger charge is -2.13. The van der Waals surface area contributed by atoms with E-state index in [9.17, 15) is 26.7 Å². The van der Waals surface area contributed by atoms with Crippen molar-refractivity contribution in [1.29, 1.82) is 5.26 Å². The molecule has 3 rings (SSSR count). The molecule has 0 radical (unpaired) electrons. The third kappa shape index (κ3) is 4.21. The molecule has 0 bridgehead atoms. The van der Waals surface area contributed by atoms with Gasteiger partial charge in [-0.15, -0.1) is 0 Å². The third-order valence-electron chi connectivity index (χ3n) is 3.73. The number of anilines is 1. The minimum atomic E-state index is -5.04. The summed E-state index contributed by atoms with van der Waals surface area (Å²) in [4.78, 5) is 14.8. The van der Waals surface area contributed by atoms with Crippen molar-refractivity contribution in [3.63, 3.8) is 0 Å². The van der Waals surface area contributed by atoms with Gasteiger partial charge in [-0.2, -0.15) is 32.2 Å². The summed E-state index contributed by atoms with van der Waals surface area (Å²) in [7, 11) is 0. The Labute approximate surface area is 159 Å². The fourth-order valence-electron chi connectivity index (χ4n) is 2.26.